The molecule has 0 amide bonds. The van der Waals surface area contributed by atoms with Gasteiger partial charge in [0.2, 0.25) is 5.78 Å². The number of carbonyl (C=O) groups excluding carboxylic acids is 2. The number of non-ortho nitro benzene ring substituents is 1. The molecule has 0 saturated carbocycles. The highest BCUT2D eigenvalue weighted by Gasteiger charge is 2.21. The number of nitro benzene ring substituents is 1. The molecule has 0 heterocycles. The van der Waals surface area contributed by atoms with E-state index in [1.807, 2.05) is 0 Å². The molecule has 6 heteroatoms. The molecule has 0 bridgehead atoms. The predicted octanol–water partition coefficient (Wildman–Crippen LogP) is 3.02. The summed E-state index contributed by atoms with van der Waals surface area (Å²) in [6, 6.07) is 13.6. The van der Waals surface area contributed by atoms with Crippen molar-refractivity contribution in [3.8, 4) is 0 Å². The molecule has 0 saturated heterocycles. The fraction of sp³-hybridized carbons (Fsp3) is 0.125. The highest BCUT2D eigenvalue weighted by atomic mass is 16.6. The smallest absolute Gasteiger partial charge is 0.339 e. The molecule has 2 aromatic rings. The van der Waals surface area contributed by atoms with E-state index in [9.17, 15) is 19.7 Å². The van der Waals surface area contributed by atoms with Crippen molar-refractivity contribution in [2.24, 2.45) is 0 Å². The molecular weight excluding hydrogens is 286 g/mol. The monoisotopic (exact) mass is 299 g/mol. The van der Waals surface area contributed by atoms with E-state index >= 15 is 0 Å². The molecule has 0 aliphatic carbocycles. The van der Waals surface area contributed by atoms with E-state index in [0.29, 0.717) is 5.56 Å². The van der Waals surface area contributed by atoms with Crippen LogP contribution in [0.15, 0.2) is 54.6 Å². The van der Waals surface area contributed by atoms with Crippen molar-refractivity contribution in [3.05, 3.63) is 75.8 Å². The van der Waals surface area contributed by atoms with Gasteiger partial charge in [0, 0.05) is 17.7 Å². The Morgan fingerprint density at radius 2 is 1.68 bits per heavy atom. The van der Waals surface area contributed by atoms with Gasteiger partial charge in [-0.15, -0.1) is 0 Å². The topological polar surface area (TPSA) is 86.5 Å². The van der Waals surface area contributed by atoms with E-state index in [1.54, 1.807) is 30.3 Å². The number of nitro groups is 1. The van der Waals surface area contributed by atoms with Crippen LogP contribution in [0.25, 0.3) is 0 Å². The van der Waals surface area contributed by atoms with Crippen LogP contribution in [0.4, 0.5) is 5.69 Å². The Morgan fingerprint density at radius 3 is 2.32 bits per heavy atom. The second kappa shape index (κ2) is 6.62. The molecule has 0 radical (unpaired) electrons. The van der Waals surface area contributed by atoms with Gasteiger partial charge in [-0.3, -0.25) is 14.9 Å². The molecule has 0 spiro atoms. The average molecular weight is 299 g/mol. The van der Waals surface area contributed by atoms with E-state index in [-0.39, 0.29) is 17.0 Å². The predicted molar refractivity (Wildman–Crippen MR) is 78.7 cm³/mol. The Labute approximate surface area is 126 Å². The lowest BCUT2D eigenvalue weighted by Crippen LogP contribution is -2.24. The number of ether oxygens (including phenoxy) is 1. The number of benzene rings is 2. The summed E-state index contributed by atoms with van der Waals surface area (Å²) in [5.74, 6) is -1.11. The van der Waals surface area contributed by atoms with Gasteiger partial charge in [0.15, 0.2) is 6.10 Å². The van der Waals surface area contributed by atoms with Crippen molar-refractivity contribution in [1.82, 2.24) is 0 Å². The summed E-state index contributed by atoms with van der Waals surface area (Å²) < 4.78 is 5.08. The SMILES string of the molecule is CC(OC(=O)c1cccc([N+](=O)[O-])c1)C(=O)c1ccccc1. The molecular formula is C16H13NO5. The zero-order chi connectivity index (χ0) is 16.1. The lowest BCUT2D eigenvalue weighted by molar-refractivity contribution is -0.384. The van der Waals surface area contributed by atoms with Crippen molar-refractivity contribution in [1.29, 1.82) is 0 Å². The number of hydrogen-bond donors (Lipinski definition) is 0. The number of Topliss-reactive ketones (excluding diaryl/α,β-unsaturated/α-hetero) is 1. The zero-order valence-corrected chi connectivity index (χ0v) is 11.8. The average Bonchev–Trinajstić information content (AvgIpc) is 2.54. The molecule has 0 aliphatic heterocycles. The first-order chi connectivity index (χ1) is 10.5. The van der Waals surface area contributed by atoms with Gasteiger partial charge in [-0.2, -0.15) is 0 Å². The third-order valence-electron chi connectivity index (χ3n) is 3.00. The first-order valence-electron chi connectivity index (χ1n) is 6.53. The van der Waals surface area contributed by atoms with Gasteiger partial charge in [0.25, 0.3) is 5.69 Å². The van der Waals surface area contributed by atoms with Crippen molar-refractivity contribution in [3.63, 3.8) is 0 Å². The third kappa shape index (κ3) is 3.54. The molecule has 2 aromatic carbocycles. The molecule has 0 fully saturated rings. The quantitative estimate of drug-likeness (QED) is 0.366. The molecule has 0 aliphatic rings. The van der Waals surface area contributed by atoms with Gasteiger partial charge in [-0.05, 0) is 13.0 Å². The zero-order valence-electron chi connectivity index (χ0n) is 11.8. The van der Waals surface area contributed by atoms with Crippen LogP contribution in [0.1, 0.15) is 27.6 Å². The van der Waals surface area contributed by atoms with Crippen LogP contribution >= 0.6 is 0 Å². The minimum absolute atomic E-state index is 0.0295. The van der Waals surface area contributed by atoms with Crippen LogP contribution in [-0.4, -0.2) is 22.8 Å². The normalized spacial score (nSPS) is 11.5. The van der Waals surface area contributed by atoms with Crippen molar-refractivity contribution in [2.45, 2.75) is 13.0 Å². The Morgan fingerprint density at radius 1 is 1.05 bits per heavy atom. The first kappa shape index (κ1) is 15.4. The summed E-state index contributed by atoms with van der Waals surface area (Å²) in [5, 5.41) is 10.7. The molecule has 6 nitrogen and oxygen atoms in total. The summed E-state index contributed by atoms with van der Waals surface area (Å²) in [6.07, 6.45) is -0.978. The Bertz CT molecular complexity index is 711. The highest BCUT2D eigenvalue weighted by molar-refractivity contribution is 6.01. The number of ketones is 1. The number of hydrogen-bond acceptors (Lipinski definition) is 5. The van der Waals surface area contributed by atoms with Gasteiger partial charge in [-0.25, -0.2) is 4.79 Å². The standard InChI is InChI=1S/C16H13NO5/c1-11(15(18)12-6-3-2-4-7-12)22-16(19)13-8-5-9-14(10-13)17(20)21/h2-11H,1H3. The van der Waals surface area contributed by atoms with Crippen molar-refractivity contribution < 1.29 is 19.2 Å². The lowest BCUT2D eigenvalue weighted by Gasteiger charge is -2.12. The lowest BCUT2D eigenvalue weighted by atomic mass is 10.1. The van der Waals surface area contributed by atoms with E-state index in [0.717, 1.165) is 6.07 Å². The van der Waals surface area contributed by atoms with Crippen LogP contribution in [0.2, 0.25) is 0 Å². The molecule has 2 rings (SSSR count). The minimum Gasteiger partial charge on any atom is -0.451 e. The van der Waals surface area contributed by atoms with Crippen LogP contribution in [-0.2, 0) is 4.74 Å². The van der Waals surface area contributed by atoms with E-state index < -0.39 is 17.0 Å². The number of esters is 1. The van der Waals surface area contributed by atoms with Crippen LogP contribution in [0.3, 0.4) is 0 Å². The Hall–Kier alpha value is -3.02. The van der Waals surface area contributed by atoms with E-state index in [4.69, 9.17) is 4.74 Å². The van der Waals surface area contributed by atoms with Gasteiger partial charge < -0.3 is 4.74 Å². The molecule has 0 aromatic heterocycles. The summed E-state index contributed by atoms with van der Waals surface area (Å²) in [4.78, 5) is 34.2. The maximum Gasteiger partial charge on any atom is 0.339 e. The largest absolute Gasteiger partial charge is 0.451 e. The summed E-state index contributed by atoms with van der Waals surface area (Å²) >= 11 is 0. The highest BCUT2D eigenvalue weighted by Crippen LogP contribution is 2.15. The van der Waals surface area contributed by atoms with Gasteiger partial charge >= 0.3 is 5.97 Å². The molecule has 22 heavy (non-hydrogen) atoms. The Kier molecular flexibility index (Phi) is 4.63. The Balaban J connectivity index is 2.10. The number of rotatable bonds is 5. The van der Waals surface area contributed by atoms with E-state index in [1.165, 1.54) is 25.1 Å². The molecule has 1 unspecified atom stereocenters. The maximum atomic E-state index is 12.1. The summed E-state index contributed by atoms with van der Waals surface area (Å²) in [6.45, 7) is 1.46. The third-order valence-corrected chi connectivity index (χ3v) is 3.00. The fourth-order valence-corrected chi connectivity index (χ4v) is 1.87. The first-order valence-corrected chi connectivity index (χ1v) is 6.53. The maximum absolute atomic E-state index is 12.1. The number of nitrogens with zero attached hydrogens (tertiary/aromatic N) is 1. The summed E-state index contributed by atoms with van der Waals surface area (Å²) in [7, 11) is 0. The molecule has 0 N–H and O–H groups in total. The van der Waals surface area contributed by atoms with Crippen LogP contribution in [0.5, 0.6) is 0 Å². The summed E-state index contributed by atoms with van der Waals surface area (Å²) in [5.41, 5.74) is 0.250. The van der Waals surface area contributed by atoms with Gasteiger partial charge in [0.05, 0.1) is 10.5 Å². The minimum atomic E-state index is -0.978. The molecule has 112 valence electrons. The van der Waals surface area contributed by atoms with Crippen LogP contribution in [0, 0.1) is 10.1 Å². The fourth-order valence-electron chi connectivity index (χ4n) is 1.87. The second-order valence-corrected chi connectivity index (χ2v) is 4.59. The van der Waals surface area contributed by atoms with Crippen molar-refractivity contribution in [2.75, 3.05) is 0 Å². The second-order valence-electron chi connectivity index (χ2n) is 4.59. The molecule has 1 atom stereocenters. The van der Waals surface area contributed by atoms with E-state index in [2.05, 4.69) is 0 Å². The van der Waals surface area contributed by atoms with Crippen molar-refractivity contribution >= 4 is 17.4 Å². The van der Waals surface area contributed by atoms with Crippen LogP contribution < -0.4 is 0 Å². The number of carbonyl (C=O) groups is 2. The van der Waals surface area contributed by atoms with Gasteiger partial charge in [0.1, 0.15) is 0 Å². The van der Waals surface area contributed by atoms with Gasteiger partial charge in [-0.1, -0.05) is 36.4 Å².